The van der Waals surface area contributed by atoms with E-state index in [1.807, 2.05) is 48.5 Å². The minimum absolute atomic E-state index is 0.0974. The molecule has 0 saturated heterocycles. The first-order valence-corrected chi connectivity index (χ1v) is 9.72. The maximum atomic E-state index is 12.6. The number of hydrogen-bond donors (Lipinski definition) is 2. The third kappa shape index (κ3) is 6.92. The van der Waals surface area contributed by atoms with E-state index in [1.165, 1.54) is 0 Å². The van der Waals surface area contributed by atoms with Crippen molar-refractivity contribution < 1.29 is 23.5 Å². The zero-order valence-corrected chi connectivity index (χ0v) is 16.7. The number of alkyl halides is 2. The van der Waals surface area contributed by atoms with Gasteiger partial charge in [-0.05, 0) is 35.7 Å². The van der Waals surface area contributed by atoms with E-state index in [1.54, 1.807) is 30.3 Å². The van der Waals surface area contributed by atoms with Gasteiger partial charge < -0.3 is 15.3 Å². The van der Waals surface area contributed by atoms with Crippen molar-refractivity contribution in [3.05, 3.63) is 101 Å². The Balaban J connectivity index is 1.71. The highest BCUT2D eigenvalue weighted by Gasteiger charge is 2.11. The maximum Gasteiger partial charge on any atom is 0.407 e. The average Bonchev–Trinajstić information content (AvgIpc) is 2.78. The fourth-order valence-corrected chi connectivity index (χ4v) is 3.03. The summed E-state index contributed by atoms with van der Waals surface area (Å²) in [5, 5.41) is 15.7. The van der Waals surface area contributed by atoms with Crippen molar-refractivity contribution in [2.45, 2.75) is 26.0 Å². The monoisotopic (exact) mass is 424 g/mol. The summed E-state index contributed by atoms with van der Waals surface area (Å²) in [5.74, 6) is -0.820. The van der Waals surface area contributed by atoms with Crippen LogP contribution in [0.25, 0.3) is 0 Å². The number of hydrogen-bond acceptors (Lipinski definition) is 4. The van der Waals surface area contributed by atoms with Crippen molar-refractivity contribution in [3.8, 4) is 0 Å². The summed E-state index contributed by atoms with van der Waals surface area (Å²) in [6, 6.07) is 24.0. The fourth-order valence-electron chi connectivity index (χ4n) is 3.03. The lowest BCUT2D eigenvalue weighted by Gasteiger charge is -2.11. The van der Waals surface area contributed by atoms with Gasteiger partial charge in [0.25, 0.3) is 0 Å². The number of nitrogens with zero attached hydrogens (tertiary/aromatic N) is 1. The smallest absolute Gasteiger partial charge is 0.407 e. The molecule has 0 bridgehead atoms. The Kier molecular flexibility index (Phi) is 7.70. The van der Waals surface area contributed by atoms with E-state index in [0.717, 1.165) is 16.8 Å². The fraction of sp³-hybridized carbons (Fsp3) is 0.167. The van der Waals surface area contributed by atoms with Crippen LogP contribution in [-0.2, 0) is 22.6 Å². The molecule has 0 aliphatic heterocycles. The molecule has 0 aromatic heterocycles. The van der Waals surface area contributed by atoms with Gasteiger partial charge in [0.1, 0.15) is 5.71 Å². The van der Waals surface area contributed by atoms with Gasteiger partial charge in [0.15, 0.2) is 0 Å². The van der Waals surface area contributed by atoms with Crippen molar-refractivity contribution in [1.82, 2.24) is 0 Å². The zero-order chi connectivity index (χ0) is 22.1. The Labute approximate surface area is 179 Å². The van der Waals surface area contributed by atoms with Crippen molar-refractivity contribution >= 4 is 17.4 Å². The molecule has 7 heteroatoms. The van der Waals surface area contributed by atoms with Gasteiger partial charge in [-0.3, -0.25) is 4.79 Å². The molecule has 2 N–H and O–H groups in total. The topological polar surface area (TPSA) is 70.9 Å². The van der Waals surface area contributed by atoms with Gasteiger partial charge in [0.05, 0.1) is 0 Å². The lowest BCUT2D eigenvalue weighted by Crippen LogP contribution is -2.07. The van der Waals surface area contributed by atoms with Gasteiger partial charge >= 0.3 is 12.6 Å². The van der Waals surface area contributed by atoms with Crippen molar-refractivity contribution in [3.63, 3.8) is 0 Å². The Morgan fingerprint density at radius 3 is 2.32 bits per heavy atom. The van der Waals surface area contributed by atoms with Crippen LogP contribution in [-0.4, -0.2) is 23.4 Å². The lowest BCUT2D eigenvalue weighted by molar-refractivity contribution is -0.137. The van der Waals surface area contributed by atoms with E-state index < -0.39 is 12.6 Å². The van der Waals surface area contributed by atoms with Gasteiger partial charge in [0.2, 0.25) is 0 Å². The van der Waals surface area contributed by atoms with Gasteiger partial charge in [-0.1, -0.05) is 65.8 Å². The summed E-state index contributed by atoms with van der Waals surface area (Å²) in [6.07, 6.45) is 0.583. The first-order chi connectivity index (χ1) is 15.0. The molecule has 0 radical (unpaired) electrons. The number of carboxylic acids is 1. The van der Waals surface area contributed by atoms with Crippen molar-refractivity contribution in [2.75, 3.05) is 5.32 Å². The summed E-state index contributed by atoms with van der Waals surface area (Å²) in [7, 11) is 0. The quantitative estimate of drug-likeness (QED) is 0.342. The number of rotatable bonds is 10. The Hall–Kier alpha value is -3.74. The average molecular weight is 424 g/mol. The predicted octanol–water partition coefficient (Wildman–Crippen LogP) is 5.31. The number of aryl methyl sites for hydroxylation is 1. The van der Waals surface area contributed by atoms with Crippen LogP contribution in [0.4, 0.5) is 14.5 Å². The number of aliphatic carboxylic acids is 1. The van der Waals surface area contributed by atoms with Crippen LogP contribution in [0.3, 0.4) is 0 Å². The van der Waals surface area contributed by atoms with Crippen molar-refractivity contribution in [1.29, 1.82) is 0 Å². The van der Waals surface area contributed by atoms with E-state index in [2.05, 4.69) is 15.3 Å². The largest absolute Gasteiger partial charge is 0.481 e. The number of nitrogens with one attached hydrogen (secondary N) is 1. The number of benzene rings is 3. The molecule has 5 nitrogen and oxygen atoms in total. The van der Waals surface area contributed by atoms with E-state index in [4.69, 9.17) is 5.11 Å². The van der Waals surface area contributed by atoms with E-state index >= 15 is 0 Å². The van der Waals surface area contributed by atoms with Gasteiger partial charge in [-0.15, -0.1) is 0 Å². The van der Waals surface area contributed by atoms with Crippen LogP contribution >= 0.6 is 0 Å². The first-order valence-electron chi connectivity index (χ1n) is 9.72. The summed E-state index contributed by atoms with van der Waals surface area (Å²) in [5.41, 5.74) is 4.44. The third-order valence-electron chi connectivity index (χ3n) is 4.55. The second kappa shape index (κ2) is 10.9. The van der Waals surface area contributed by atoms with Crippen molar-refractivity contribution in [2.24, 2.45) is 5.16 Å². The summed E-state index contributed by atoms with van der Waals surface area (Å²) in [6.45, 7) is -2.48. The van der Waals surface area contributed by atoms with Gasteiger partial charge in [-0.25, -0.2) is 0 Å². The zero-order valence-electron chi connectivity index (χ0n) is 16.7. The molecule has 31 heavy (non-hydrogen) atoms. The SMILES string of the molecule is O=C(O)CCc1ccc(NCc2cccc(/C(=N\OC(F)F)c3ccccc3)c2)cc1. The highest BCUT2D eigenvalue weighted by atomic mass is 19.3. The second-order valence-electron chi connectivity index (χ2n) is 6.82. The molecule has 0 aliphatic rings. The molecular formula is C24H22F2N2O3. The van der Waals surface area contributed by atoms with Crippen LogP contribution in [0.15, 0.2) is 84.0 Å². The number of anilines is 1. The van der Waals surface area contributed by atoms with Crippen LogP contribution in [0, 0.1) is 0 Å². The number of carboxylic acid groups (broad SMARTS) is 1. The van der Waals surface area contributed by atoms with Gasteiger partial charge in [0, 0.05) is 29.8 Å². The molecule has 3 aromatic rings. The standard InChI is InChI=1S/C24H22F2N2O3/c25-24(26)31-28-23(19-6-2-1-3-7-19)20-8-4-5-18(15-20)16-27-21-12-9-17(10-13-21)11-14-22(29)30/h1-10,12-13,15,24,27H,11,14,16H2,(H,29,30)/b28-23-. The summed E-state index contributed by atoms with van der Waals surface area (Å²) < 4.78 is 25.1. The highest BCUT2D eigenvalue weighted by molar-refractivity contribution is 6.12. The minimum Gasteiger partial charge on any atom is -0.481 e. The molecule has 160 valence electrons. The molecule has 0 fully saturated rings. The Bertz CT molecular complexity index is 1020. The lowest BCUT2D eigenvalue weighted by atomic mass is 10.0. The second-order valence-corrected chi connectivity index (χ2v) is 6.82. The molecule has 3 rings (SSSR count). The summed E-state index contributed by atoms with van der Waals surface area (Å²) in [4.78, 5) is 14.9. The Morgan fingerprint density at radius 2 is 1.65 bits per heavy atom. The Morgan fingerprint density at radius 1 is 0.935 bits per heavy atom. The molecule has 0 saturated carbocycles. The molecule has 0 aliphatic carbocycles. The maximum absolute atomic E-state index is 12.6. The van der Waals surface area contributed by atoms with Crippen LogP contribution in [0.2, 0.25) is 0 Å². The van der Waals surface area contributed by atoms with E-state index in [-0.39, 0.29) is 6.42 Å². The number of halogens is 2. The highest BCUT2D eigenvalue weighted by Crippen LogP contribution is 2.17. The molecular weight excluding hydrogens is 402 g/mol. The molecule has 0 heterocycles. The van der Waals surface area contributed by atoms with Crippen LogP contribution in [0.1, 0.15) is 28.7 Å². The van der Waals surface area contributed by atoms with Crippen LogP contribution in [0.5, 0.6) is 0 Å². The molecule has 0 atom stereocenters. The molecule has 0 amide bonds. The predicted molar refractivity (Wildman–Crippen MR) is 115 cm³/mol. The summed E-state index contributed by atoms with van der Waals surface area (Å²) >= 11 is 0. The third-order valence-corrected chi connectivity index (χ3v) is 4.55. The van der Waals surface area contributed by atoms with Crippen LogP contribution < -0.4 is 5.32 Å². The van der Waals surface area contributed by atoms with Gasteiger partial charge in [-0.2, -0.15) is 8.78 Å². The van der Waals surface area contributed by atoms with E-state index in [9.17, 15) is 13.6 Å². The molecule has 0 spiro atoms. The first kappa shape index (κ1) is 22.0. The number of oxime groups is 1. The number of carbonyl (C=O) groups is 1. The van der Waals surface area contributed by atoms with E-state index in [0.29, 0.717) is 29.8 Å². The normalized spacial score (nSPS) is 11.4. The minimum atomic E-state index is -3.00. The molecule has 0 unspecified atom stereocenters. The molecule has 3 aromatic carbocycles.